The minimum Gasteiger partial charge on any atom is -0.338 e. The standard InChI is InChI=1S/C25H27N3O2S2/c1-18-5-2-3-6-19(18)24-20-9-16-32-21(20)8-10-28(24)17-23(29)26-11-13-27(14-12-26)25(30)22-7-4-15-31-22/h2-7,9,15-16,24H,8,10-14,17H2,1H3/t24-/m1/s1. The summed E-state index contributed by atoms with van der Waals surface area (Å²) in [5, 5.41) is 4.10. The van der Waals surface area contributed by atoms with Crippen molar-refractivity contribution in [1.29, 1.82) is 0 Å². The van der Waals surface area contributed by atoms with E-state index in [-0.39, 0.29) is 17.9 Å². The molecule has 7 heteroatoms. The molecular weight excluding hydrogens is 438 g/mol. The second-order valence-electron chi connectivity index (χ2n) is 8.43. The van der Waals surface area contributed by atoms with Crippen molar-refractivity contribution in [3.8, 4) is 0 Å². The van der Waals surface area contributed by atoms with Gasteiger partial charge in [0.1, 0.15) is 0 Å². The van der Waals surface area contributed by atoms with E-state index in [9.17, 15) is 9.59 Å². The van der Waals surface area contributed by atoms with Gasteiger partial charge < -0.3 is 9.80 Å². The molecule has 2 aliphatic rings. The van der Waals surface area contributed by atoms with Gasteiger partial charge in [-0.2, -0.15) is 0 Å². The molecule has 0 N–H and O–H groups in total. The monoisotopic (exact) mass is 465 g/mol. The number of hydrogen-bond acceptors (Lipinski definition) is 5. The molecule has 0 radical (unpaired) electrons. The molecule has 1 aromatic carbocycles. The van der Waals surface area contributed by atoms with E-state index in [4.69, 9.17) is 0 Å². The molecule has 1 atom stereocenters. The van der Waals surface area contributed by atoms with Gasteiger partial charge in [-0.3, -0.25) is 14.5 Å². The Balaban J connectivity index is 1.28. The molecular formula is C25H27N3O2S2. The lowest BCUT2D eigenvalue weighted by Crippen LogP contribution is -2.53. The van der Waals surface area contributed by atoms with Crippen LogP contribution >= 0.6 is 22.7 Å². The average molecular weight is 466 g/mol. The van der Waals surface area contributed by atoms with Crippen LogP contribution in [0.5, 0.6) is 0 Å². The van der Waals surface area contributed by atoms with Crippen LogP contribution < -0.4 is 0 Å². The zero-order chi connectivity index (χ0) is 22.1. The smallest absolute Gasteiger partial charge is 0.264 e. The van der Waals surface area contributed by atoms with E-state index in [0.29, 0.717) is 32.7 Å². The van der Waals surface area contributed by atoms with Crippen LogP contribution in [0.1, 0.15) is 37.3 Å². The van der Waals surface area contributed by atoms with Crippen molar-refractivity contribution in [3.05, 3.63) is 79.7 Å². The van der Waals surface area contributed by atoms with E-state index >= 15 is 0 Å². The SMILES string of the molecule is Cc1ccccc1[C@@H]1c2ccsc2CCN1CC(=O)N1CCN(C(=O)c2cccs2)CC1. The van der Waals surface area contributed by atoms with Crippen LogP contribution in [0.2, 0.25) is 0 Å². The number of fused-ring (bicyclic) bond motifs is 1. The molecule has 1 saturated heterocycles. The third kappa shape index (κ3) is 4.12. The van der Waals surface area contributed by atoms with Crippen LogP contribution in [-0.2, 0) is 11.2 Å². The third-order valence-electron chi connectivity index (χ3n) is 6.54. The average Bonchev–Trinajstić information content (AvgIpc) is 3.51. The number of amides is 2. The highest BCUT2D eigenvalue weighted by molar-refractivity contribution is 7.12. The maximum absolute atomic E-state index is 13.3. The van der Waals surface area contributed by atoms with Gasteiger partial charge in [-0.15, -0.1) is 22.7 Å². The highest BCUT2D eigenvalue weighted by Gasteiger charge is 2.33. The third-order valence-corrected chi connectivity index (χ3v) is 8.39. The topological polar surface area (TPSA) is 43.9 Å². The fourth-order valence-corrected chi connectivity index (χ4v) is 6.38. The minimum atomic E-state index is 0.0766. The summed E-state index contributed by atoms with van der Waals surface area (Å²) in [5.74, 6) is 0.234. The van der Waals surface area contributed by atoms with Crippen LogP contribution in [0, 0.1) is 6.92 Å². The number of nitrogens with zero attached hydrogens (tertiary/aromatic N) is 3. The van der Waals surface area contributed by atoms with Crippen molar-refractivity contribution in [2.75, 3.05) is 39.3 Å². The summed E-state index contributed by atoms with van der Waals surface area (Å²) in [6, 6.07) is 14.6. The summed E-state index contributed by atoms with van der Waals surface area (Å²) in [6.07, 6.45) is 0.992. The predicted octanol–water partition coefficient (Wildman–Crippen LogP) is 4.05. The van der Waals surface area contributed by atoms with Crippen LogP contribution in [0.25, 0.3) is 0 Å². The molecule has 32 heavy (non-hydrogen) atoms. The van der Waals surface area contributed by atoms with E-state index in [1.165, 1.54) is 32.9 Å². The largest absolute Gasteiger partial charge is 0.338 e. The van der Waals surface area contributed by atoms with Crippen LogP contribution in [0.3, 0.4) is 0 Å². The summed E-state index contributed by atoms with van der Waals surface area (Å²) >= 11 is 3.29. The normalized spacial score (nSPS) is 19.1. The van der Waals surface area contributed by atoms with Gasteiger partial charge in [0.05, 0.1) is 17.5 Å². The van der Waals surface area contributed by atoms with Crippen molar-refractivity contribution < 1.29 is 9.59 Å². The quantitative estimate of drug-likeness (QED) is 0.584. The summed E-state index contributed by atoms with van der Waals surface area (Å²) in [7, 11) is 0. The summed E-state index contributed by atoms with van der Waals surface area (Å²) in [6.45, 7) is 5.84. The molecule has 3 aromatic rings. The van der Waals surface area contributed by atoms with Crippen LogP contribution in [0.15, 0.2) is 53.2 Å². The second kappa shape index (κ2) is 9.17. The van der Waals surface area contributed by atoms with Gasteiger partial charge in [-0.25, -0.2) is 0 Å². The molecule has 0 saturated carbocycles. The fraction of sp³-hybridized carbons (Fsp3) is 0.360. The Bertz CT molecular complexity index is 1100. The molecule has 0 bridgehead atoms. The summed E-state index contributed by atoms with van der Waals surface area (Å²) in [4.78, 5) is 34.2. The molecule has 166 valence electrons. The summed E-state index contributed by atoms with van der Waals surface area (Å²) in [5.41, 5.74) is 3.88. The van der Waals surface area contributed by atoms with E-state index in [0.717, 1.165) is 17.8 Å². The molecule has 2 aromatic heterocycles. The van der Waals surface area contributed by atoms with Gasteiger partial charge >= 0.3 is 0 Å². The molecule has 0 spiro atoms. The number of thiophene rings is 2. The number of carbonyl (C=O) groups is 2. The lowest BCUT2D eigenvalue weighted by molar-refractivity contribution is -0.134. The van der Waals surface area contributed by atoms with E-state index in [1.807, 2.05) is 38.6 Å². The van der Waals surface area contributed by atoms with Gasteiger partial charge in [-0.1, -0.05) is 30.3 Å². The number of aryl methyl sites for hydroxylation is 1. The maximum Gasteiger partial charge on any atom is 0.264 e. The molecule has 4 heterocycles. The Kier molecular flexibility index (Phi) is 6.13. The van der Waals surface area contributed by atoms with Gasteiger partial charge in [0.2, 0.25) is 5.91 Å². The number of hydrogen-bond donors (Lipinski definition) is 0. The van der Waals surface area contributed by atoms with Crippen molar-refractivity contribution in [3.63, 3.8) is 0 Å². The number of piperazine rings is 1. The molecule has 0 unspecified atom stereocenters. The van der Waals surface area contributed by atoms with Crippen molar-refractivity contribution in [2.24, 2.45) is 0 Å². The first-order valence-corrected chi connectivity index (χ1v) is 12.8. The van der Waals surface area contributed by atoms with E-state index in [1.54, 1.807) is 0 Å². The number of carbonyl (C=O) groups excluding carboxylic acids is 2. The molecule has 0 aliphatic carbocycles. The summed E-state index contributed by atoms with van der Waals surface area (Å²) < 4.78 is 0. The number of rotatable bonds is 4. The zero-order valence-corrected chi connectivity index (χ0v) is 19.8. The Labute approximate surface area is 196 Å². The van der Waals surface area contributed by atoms with Gasteiger partial charge in [-0.05, 0) is 52.9 Å². The Morgan fingerprint density at radius 2 is 1.66 bits per heavy atom. The second-order valence-corrected chi connectivity index (χ2v) is 10.4. The van der Waals surface area contributed by atoms with Gasteiger partial charge in [0.15, 0.2) is 0 Å². The Morgan fingerprint density at radius 1 is 0.875 bits per heavy atom. The van der Waals surface area contributed by atoms with Crippen molar-refractivity contribution in [2.45, 2.75) is 19.4 Å². The first-order chi connectivity index (χ1) is 15.6. The Morgan fingerprint density at radius 3 is 2.41 bits per heavy atom. The Hall–Kier alpha value is -2.48. The van der Waals surface area contributed by atoms with Crippen molar-refractivity contribution >= 4 is 34.5 Å². The molecule has 2 amide bonds. The highest BCUT2D eigenvalue weighted by Crippen LogP contribution is 2.38. The lowest BCUT2D eigenvalue weighted by Gasteiger charge is -2.39. The van der Waals surface area contributed by atoms with Crippen LogP contribution in [0.4, 0.5) is 0 Å². The maximum atomic E-state index is 13.3. The van der Waals surface area contributed by atoms with E-state index < -0.39 is 0 Å². The van der Waals surface area contributed by atoms with Gasteiger partial charge in [0, 0.05) is 37.6 Å². The van der Waals surface area contributed by atoms with Crippen molar-refractivity contribution in [1.82, 2.24) is 14.7 Å². The predicted molar refractivity (Wildman–Crippen MR) is 129 cm³/mol. The molecule has 5 rings (SSSR count). The number of benzene rings is 1. The van der Waals surface area contributed by atoms with E-state index in [2.05, 4.69) is 47.5 Å². The first-order valence-electron chi connectivity index (χ1n) is 11.1. The zero-order valence-electron chi connectivity index (χ0n) is 18.2. The minimum absolute atomic E-state index is 0.0766. The molecule has 2 aliphatic heterocycles. The molecule has 1 fully saturated rings. The van der Waals surface area contributed by atoms with Crippen LogP contribution in [-0.4, -0.2) is 65.8 Å². The fourth-order valence-electron chi connectivity index (χ4n) is 4.79. The van der Waals surface area contributed by atoms with Gasteiger partial charge in [0.25, 0.3) is 5.91 Å². The highest BCUT2D eigenvalue weighted by atomic mass is 32.1. The first kappa shape index (κ1) is 21.4. The lowest BCUT2D eigenvalue weighted by atomic mass is 9.90. The molecule has 5 nitrogen and oxygen atoms in total.